The Labute approximate surface area is 250 Å². The SMILES string of the molecule is CCC(=O)CCCCC[C@H](NC(=O)C1CC12CCN(CC)CC2)c1[nH]c2nc1C(=O)NCCCCCc1cccc-2c1. The van der Waals surface area contributed by atoms with Crippen LogP contribution in [0.1, 0.15) is 119 Å². The number of amides is 2. The summed E-state index contributed by atoms with van der Waals surface area (Å²) >= 11 is 0. The van der Waals surface area contributed by atoms with Gasteiger partial charge in [0.1, 0.15) is 11.6 Å². The van der Waals surface area contributed by atoms with Gasteiger partial charge in [-0.2, -0.15) is 0 Å². The minimum atomic E-state index is -0.342. The third-order valence-electron chi connectivity index (χ3n) is 9.89. The maximum Gasteiger partial charge on any atom is 0.271 e. The van der Waals surface area contributed by atoms with Crippen LogP contribution in [0.5, 0.6) is 0 Å². The number of nitrogens with zero attached hydrogens (tertiary/aromatic N) is 2. The van der Waals surface area contributed by atoms with Gasteiger partial charge in [-0.15, -0.1) is 0 Å². The molecule has 2 fully saturated rings. The summed E-state index contributed by atoms with van der Waals surface area (Å²) in [5, 5.41) is 6.46. The number of Topliss-reactive ketones (excluding diaryl/α,β-unsaturated/α-hetero) is 1. The number of rotatable bonds is 11. The van der Waals surface area contributed by atoms with Gasteiger partial charge >= 0.3 is 0 Å². The lowest BCUT2D eigenvalue weighted by molar-refractivity contribution is -0.124. The Hall–Kier alpha value is -3.00. The second kappa shape index (κ2) is 14.0. The van der Waals surface area contributed by atoms with Gasteiger partial charge in [-0.05, 0) is 88.0 Å². The Morgan fingerprint density at radius 2 is 1.95 bits per heavy atom. The van der Waals surface area contributed by atoms with E-state index in [1.54, 1.807) is 0 Å². The molecule has 3 N–H and O–H groups in total. The minimum Gasteiger partial charge on any atom is -0.351 e. The third-order valence-corrected chi connectivity index (χ3v) is 9.89. The smallest absolute Gasteiger partial charge is 0.271 e. The highest BCUT2D eigenvalue weighted by Crippen LogP contribution is 2.59. The third kappa shape index (κ3) is 7.31. The van der Waals surface area contributed by atoms with Crippen LogP contribution in [0, 0.1) is 11.3 Å². The van der Waals surface area contributed by atoms with Crippen molar-refractivity contribution in [3.8, 4) is 11.4 Å². The second-order valence-corrected chi connectivity index (χ2v) is 12.7. The van der Waals surface area contributed by atoms with Gasteiger partial charge in [-0.1, -0.05) is 51.3 Å². The van der Waals surface area contributed by atoms with Gasteiger partial charge in [0.2, 0.25) is 5.91 Å². The van der Waals surface area contributed by atoms with E-state index in [4.69, 9.17) is 4.98 Å². The first-order chi connectivity index (χ1) is 20.4. The van der Waals surface area contributed by atoms with Crippen LogP contribution in [0.3, 0.4) is 0 Å². The molecule has 228 valence electrons. The maximum absolute atomic E-state index is 13.7. The summed E-state index contributed by atoms with van der Waals surface area (Å²) in [7, 11) is 0. The summed E-state index contributed by atoms with van der Waals surface area (Å²) in [6.07, 6.45) is 11.7. The highest BCUT2D eigenvalue weighted by Gasteiger charge is 2.58. The van der Waals surface area contributed by atoms with Crippen molar-refractivity contribution in [2.24, 2.45) is 11.3 Å². The molecule has 2 amide bonds. The van der Waals surface area contributed by atoms with Gasteiger partial charge in [0.25, 0.3) is 5.91 Å². The molecule has 1 saturated heterocycles. The molecule has 8 nitrogen and oxygen atoms in total. The van der Waals surface area contributed by atoms with Crippen LogP contribution >= 0.6 is 0 Å². The monoisotopic (exact) mass is 575 g/mol. The number of nitrogens with one attached hydrogen (secondary N) is 3. The first kappa shape index (κ1) is 30.5. The van der Waals surface area contributed by atoms with Crippen LogP contribution in [-0.4, -0.2) is 58.6 Å². The van der Waals surface area contributed by atoms with E-state index >= 15 is 0 Å². The standard InChI is InChI=1S/C34H49N5O3/c1-3-26(40)15-8-5-9-16-28(36-32(41)27-23-34(27)17-20-39(4-2)21-18-34)29-30-33(42)35-19-10-6-7-12-24-13-11-14-25(22-24)31(37-29)38-30/h11,13-14,22,27-28H,3-10,12,15-21,23H2,1-2H3,(H,35,42)(H,36,41)(H,37,38)/t27?,28-/m0/s1. The molecule has 3 aliphatic rings. The molecular weight excluding hydrogens is 526 g/mol. The van der Waals surface area contributed by atoms with E-state index in [2.05, 4.69) is 45.6 Å². The predicted octanol–water partition coefficient (Wildman–Crippen LogP) is 5.74. The van der Waals surface area contributed by atoms with Gasteiger partial charge in [0.15, 0.2) is 5.69 Å². The number of piperidine rings is 1. The molecule has 4 bridgehead atoms. The number of ketones is 1. The Bertz CT molecular complexity index is 1250. The molecular formula is C34H49N5O3. The summed E-state index contributed by atoms with van der Waals surface area (Å²) < 4.78 is 0. The normalized spacial score (nSPS) is 21.0. The molecule has 2 atom stereocenters. The Kier molecular flexibility index (Phi) is 10.1. The van der Waals surface area contributed by atoms with Crippen molar-refractivity contribution < 1.29 is 14.4 Å². The zero-order valence-electron chi connectivity index (χ0n) is 25.6. The first-order valence-corrected chi connectivity index (χ1v) is 16.4. The van der Waals surface area contributed by atoms with Gasteiger partial charge in [0, 0.05) is 30.9 Å². The molecule has 1 saturated carbocycles. The summed E-state index contributed by atoms with van der Waals surface area (Å²) in [6.45, 7) is 7.91. The number of carbonyl (C=O) groups is 3. The number of fused-ring (bicyclic) bond motifs is 5. The minimum absolute atomic E-state index is 0.0374. The van der Waals surface area contributed by atoms with E-state index in [-0.39, 0.29) is 29.2 Å². The van der Waals surface area contributed by atoms with Gasteiger partial charge < -0.3 is 20.5 Å². The average molecular weight is 576 g/mol. The van der Waals surface area contributed by atoms with E-state index in [1.807, 2.05) is 13.0 Å². The fraction of sp³-hybridized carbons (Fsp3) is 0.647. The summed E-state index contributed by atoms with van der Waals surface area (Å²) in [6, 6.07) is 8.06. The molecule has 2 aliphatic heterocycles. The number of imidazole rings is 1. The number of aromatic amines is 1. The van der Waals surface area contributed by atoms with Crippen molar-refractivity contribution >= 4 is 17.6 Å². The summed E-state index contributed by atoms with van der Waals surface area (Å²) in [4.78, 5) is 49.8. The molecule has 8 heteroatoms. The summed E-state index contributed by atoms with van der Waals surface area (Å²) in [5.41, 5.74) is 3.43. The topological polar surface area (TPSA) is 107 Å². The fourth-order valence-corrected chi connectivity index (χ4v) is 6.91. The van der Waals surface area contributed by atoms with Crippen molar-refractivity contribution in [1.29, 1.82) is 0 Å². The van der Waals surface area contributed by atoms with E-state index in [9.17, 15) is 14.4 Å². The Balaban J connectivity index is 1.38. The van der Waals surface area contributed by atoms with Crippen molar-refractivity contribution in [2.45, 2.75) is 103 Å². The first-order valence-electron chi connectivity index (χ1n) is 16.4. The molecule has 1 unspecified atom stereocenters. The Morgan fingerprint density at radius 1 is 1.12 bits per heavy atom. The molecule has 1 spiro atoms. The van der Waals surface area contributed by atoms with E-state index in [0.717, 1.165) is 89.4 Å². The highest BCUT2D eigenvalue weighted by atomic mass is 16.2. The van der Waals surface area contributed by atoms with Crippen LogP contribution in [0.2, 0.25) is 0 Å². The van der Waals surface area contributed by atoms with E-state index in [1.165, 1.54) is 5.56 Å². The molecule has 1 aromatic carbocycles. The number of aromatic nitrogens is 2. The molecule has 1 aliphatic carbocycles. The van der Waals surface area contributed by atoms with E-state index in [0.29, 0.717) is 48.8 Å². The lowest BCUT2D eigenvalue weighted by Gasteiger charge is -2.32. The van der Waals surface area contributed by atoms with Crippen molar-refractivity contribution in [3.05, 3.63) is 41.2 Å². The lowest BCUT2D eigenvalue weighted by Crippen LogP contribution is -2.38. The van der Waals surface area contributed by atoms with Crippen LogP contribution < -0.4 is 10.6 Å². The zero-order valence-corrected chi connectivity index (χ0v) is 25.6. The molecule has 42 heavy (non-hydrogen) atoms. The molecule has 5 rings (SSSR count). The lowest BCUT2D eigenvalue weighted by atomic mass is 9.90. The van der Waals surface area contributed by atoms with Crippen molar-refractivity contribution in [2.75, 3.05) is 26.2 Å². The summed E-state index contributed by atoms with van der Waals surface area (Å²) in [5.74, 6) is 0.908. The molecule has 0 radical (unpaired) electrons. The maximum atomic E-state index is 13.7. The number of likely N-dealkylation sites (tertiary alicyclic amines) is 1. The van der Waals surface area contributed by atoms with Crippen LogP contribution in [-0.2, 0) is 16.0 Å². The fourth-order valence-electron chi connectivity index (χ4n) is 6.91. The van der Waals surface area contributed by atoms with Crippen LogP contribution in [0.4, 0.5) is 0 Å². The zero-order chi connectivity index (χ0) is 29.5. The predicted molar refractivity (Wildman–Crippen MR) is 165 cm³/mol. The second-order valence-electron chi connectivity index (χ2n) is 12.7. The Morgan fingerprint density at radius 3 is 2.74 bits per heavy atom. The molecule has 3 heterocycles. The highest BCUT2D eigenvalue weighted by molar-refractivity contribution is 5.94. The van der Waals surface area contributed by atoms with Crippen LogP contribution in [0.15, 0.2) is 24.3 Å². The number of carbonyl (C=O) groups excluding carboxylic acids is 3. The number of hydrogen-bond donors (Lipinski definition) is 3. The quantitative estimate of drug-likeness (QED) is 0.296. The van der Waals surface area contributed by atoms with Gasteiger partial charge in [0.05, 0.1) is 11.7 Å². The number of aryl methyl sites for hydroxylation is 1. The molecule has 1 aromatic heterocycles. The van der Waals surface area contributed by atoms with Crippen molar-refractivity contribution in [1.82, 2.24) is 25.5 Å². The van der Waals surface area contributed by atoms with Gasteiger partial charge in [-0.25, -0.2) is 4.98 Å². The largest absolute Gasteiger partial charge is 0.351 e. The van der Waals surface area contributed by atoms with E-state index < -0.39 is 0 Å². The number of benzene rings is 1. The number of hydrogen-bond acceptors (Lipinski definition) is 5. The number of unbranched alkanes of at least 4 members (excludes halogenated alkanes) is 2. The van der Waals surface area contributed by atoms with Crippen molar-refractivity contribution in [3.63, 3.8) is 0 Å². The van der Waals surface area contributed by atoms with Crippen LogP contribution in [0.25, 0.3) is 11.4 Å². The van der Waals surface area contributed by atoms with Gasteiger partial charge in [-0.3, -0.25) is 14.4 Å². The molecule has 2 aromatic rings. The number of H-pyrrole nitrogens is 1. The average Bonchev–Trinajstić information content (AvgIpc) is 3.51.